The van der Waals surface area contributed by atoms with Crippen LogP contribution in [0.25, 0.3) is 0 Å². The molecule has 1 fully saturated rings. The molecular weight excluding hydrogens is 354 g/mol. The quantitative estimate of drug-likeness (QED) is 0.830. The Bertz CT molecular complexity index is 796. The second-order valence-corrected chi connectivity index (χ2v) is 7.57. The van der Waals surface area contributed by atoms with Gasteiger partial charge in [0.25, 0.3) is 0 Å². The van der Waals surface area contributed by atoms with Crippen molar-refractivity contribution in [3.8, 4) is 5.75 Å². The molecule has 3 rings (SSSR count). The van der Waals surface area contributed by atoms with Crippen LogP contribution in [0.4, 0.5) is 4.79 Å². The lowest BCUT2D eigenvalue weighted by molar-refractivity contribution is 0.133. The Kier molecular flexibility index (Phi) is 6.57. The largest absolute Gasteiger partial charge is 0.497 e. The molecule has 1 aromatic heterocycles. The predicted octanol–water partition coefficient (Wildman–Crippen LogP) is 2.42. The highest BCUT2D eigenvalue weighted by atomic mass is 16.5. The van der Waals surface area contributed by atoms with E-state index in [-0.39, 0.29) is 12.1 Å². The monoisotopic (exact) mass is 385 g/mol. The highest BCUT2D eigenvalue weighted by Crippen LogP contribution is 2.15. The zero-order valence-electron chi connectivity index (χ0n) is 17.3. The van der Waals surface area contributed by atoms with Gasteiger partial charge in [-0.05, 0) is 44.5 Å². The second-order valence-electron chi connectivity index (χ2n) is 7.57. The van der Waals surface area contributed by atoms with Crippen LogP contribution in [0.5, 0.6) is 5.75 Å². The van der Waals surface area contributed by atoms with Crippen molar-refractivity contribution in [2.45, 2.75) is 39.9 Å². The van der Waals surface area contributed by atoms with Crippen molar-refractivity contribution < 1.29 is 9.53 Å². The van der Waals surface area contributed by atoms with Gasteiger partial charge in [0.1, 0.15) is 5.75 Å². The Morgan fingerprint density at radius 1 is 1.21 bits per heavy atom. The van der Waals surface area contributed by atoms with Crippen molar-refractivity contribution in [2.24, 2.45) is 0 Å². The van der Waals surface area contributed by atoms with E-state index in [9.17, 15) is 4.79 Å². The van der Waals surface area contributed by atoms with E-state index in [0.29, 0.717) is 6.54 Å². The van der Waals surface area contributed by atoms with Gasteiger partial charge in [0.2, 0.25) is 0 Å². The van der Waals surface area contributed by atoms with Gasteiger partial charge in [0.15, 0.2) is 0 Å². The Morgan fingerprint density at radius 3 is 2.61 bits per heavy atom. The smallest absolute Gasteiger partial charge is 0.317 e. The number of nitrogens with one attached hydrogen (secondary N) is 1. The first kappa shape index (κ1) is 20.2. The molecule has 0 saturated carbocycles. The van der Waals surface area contributed by atoms with E-state index in [1.807, 2.05) is 42.5 Å². The molecule has 28 heavy (non-hydrogen) atoms. The number of hydrogen-bond donors (Lipinski definition) is 1. The van der Waals surface area contributed by atoms with Gasteiger partial charge in [-0.1, -0.05) is 12.1 Å². The van der Waals surface area contributed by atoms with Gasteiger partial charge in [-0.2, -0.15) is 5.10 Å². The Hall–Kier alpha value is -2.54. The second kappa shape index (κ2) is 9.10. The molecule has 7 heteroatoms. The lowest BCUT2D eigenvalue weighted by atomic mass is 10.2. The van der Waals surface area contributed by atoms with Crippen LogP contribution in [0.3, 0.4) is 0 Å². The fourth-order valence-electron chi connectivity index (χ4n) is 3.60. The zero-order chi connectivity index (χ0) is 20.1. The maximum Gasteiger partial charge on any atom is 0.317 e. The SMILES string of the molecule is COc1cccc(CN2CCN(C(=O)N[C@@H](C)Cn3nc(C)cc3C)CC2)c1. The molecular formula is C21H31N5O2. The van der Waals surface area contributed by atoms with Crippen LogP contribution in [0.1, 0.15) is 23.9 Å². The highest BCUT2D eigenvalue weighted by molar-refractivity contribution is 5.74. The van der Waals surface area contributed by atoms with Crippen molar-refractivity contribution in [1.29, 1.82) is 0 Å². The maximum atomic E-state index is 12.6. The number of urea groups is 1. The normalized spacial score (nSPS) is 16.1. The summed E-state index contributed by atoms with van der Waals surface area (Å²) in [4.78, 5) is 16.9. The van der Waals surface area contributed by atoms with Crippen molar-refractivity contribution in [2.75, 3.05) is 33.3 Å². The number of piperazine rings is 1. The van der Waals surface area contributed by atoms with Crippen LogP contribution in [0.2, 0.25) is 0 Å². The van der Waals surface area contributed by atoms with Crippen LogP contribution >= 0.6 is 0 Å². The van der Waals surface area contributed by atoms with Crippen molar-refractivity contribution >= 4 is 6.03 Å². The number of carbonyl (C=O) groups excluding carboxylic acids is 1. The van der Waals surface area contributed by atoms with Gasteiger partial charge in [0.05, 0.1) is 19.3 Å². The van der Waals surface area contributed by atoms with E-state index in [4.69, 9.17) is 4.74 Å². The van der Waals surface area contributed by atoms with Gasteiger partial charge in [0, 0.05) is 44.5 Å². The summed E-state index contributed by atoms with van der Waals surface area (Å²) < 4.78 is 7.25. The maximum absolute atomic E-state index is 12.6. The van der Waals surface area contributed by atoms with Gasteiger partial charge in [-0.3, -0.25) is 9.58 Å². The topological polar surface area (TPSA) is 62.6 Å². The van der Waals surface area contributed by atoms with Crippen LogP contribution < -0.4 is 10.1 Å². The number of aryl methyl sites for hydroxylation is 2. The first-order valence-electron chi connectivity index (χ1n) is 9.86. The summed E-state index contributed by atoms with van der Waals surface area (Å²) in [6.07, 6.45) is 0. The number of aromatic nitrogens is 2. The third-order valence-electron chi connectivity index (χ3n) is 5.12. The fourth-order valence-corrected chi connectivity index (χ4v) is 3.60. The van der Waals surface area contributed by atoms with Gasteiger partial charge in [-0.15, -0.1) is 0 Å². The molecule has 0 spiro atoms. The molecule has 2 amide bonds. The number of carbonyl (C=O) groups is 1. The van der Waals surface area contributed by atoms with E-state index in [0.717, 1.165) is 49.9 Å². The number of nitrogens with zero attached hydrogens (tertiary/aromatic N) is 4. The molecule has 2 heterocycles. The Morgan fingerprint density at radius 2 is 1.96 bits per heavy atom. The predicted molar refractivity (Wildman–Crippen MR) is 110 cm³/mol. The minimum absolute atomic E-state index is 0.00932. The number of hydrogen-bond acceptors (Lipinski definition) is 4. The van der Waals surface area contributed by atoms with Gasteiger partial charge >= 0.3 is 6.03 Å². The standard InChI is InChI=1S/C21H31N5O2/c1-16-12-18(3)26(23-16)14-17(2)22-21(27)25-10-8-24(9-11-25)15-19-6-5-7-20(13-19)28-4/h5-7,12-13,17H,8-11,14-15H2,1-4H3,(H,22,27)/t17-/m0/s1. The van der Waals surface area contributed by atoms with Crippen molar-refractivity contribution in [3.05, 3.63) is 47.3 Å². The summed E-state index contributed by atoms with van der Waals surface area (Å²) in [7, 11) is 1.69. The molecule has 7 nitrogen and oxygen atoms in total. The summed E-state index contributed by atoms with van der Waals surface area (Å²) in [5.74, 6) is 0.882. The molecule has 1 atom stereocenters. The molecule has 2 aromatic rings. The van der Waals surface area contributed by atoms with E-state index in [1.165, 1.54) is 5.56 Å². The van der Waals surface area contributed by atoms with E-state index < -0.39 is 0 Å². The summed E-state index contributed by atoms with van der Waals surface area (Å²) >= 11 is 0. The molecule has 1 saturated heterocycles. The summed E-state index contributed by atoms with van der Waals surface area (Å²) in [6.45, 7) is 10.8. The number of rotatable bonds is 6. The Balaban J connectivity index is 1.44. The number of amides is 2. The summed E-state index contributed by atoms with van der Waals surface area (Å²) in [6, 6.07) is 10.2. The molecule has 0 unspecified atom stereocenters. The highest BCUT2D eigenvalue weighted by Gasteiger charge is 2.22. The lowest BCUT2D eigenvalue weighted by Gasteiger charge is -2.35. The summed E-state index contributed by atoms with van der Waals surface area (Å²) in [5.41, 5.74) is 3.35. The Labute approximate surface area is 167 Å². The first-order chi connectivity index (χ1) is 13.4. The van der Waals surface area contributed by atoms with Gasteiger partial charge < -0.3 is 15.0 Å². The molecule has 0 radical (unpaired) electrons. The van der Waals surface area contributed by atoms with Crippen LogP contribution in [-0.4, -0.2) is 64.9 Å². The first-order valence-corrected chi connectivity index (χ1v) is 9.86. The van der Waals surface area contributed by atoms with Crippen molar-refractivity contribution in [1.82, 2.24) is 24.9 Å². The third kappa shape index (κ3) is 5.25. The van der Waals surface area contributed by atoms with Crippen LogP contribution in [-0.2, 0) is 13.1 Å². The minimum atomic E-state index is 0.00932. The van der Waals surface area contributed by atoms with Crippen LogP contribution in [0, 0.1) is 13.8 Å². The summed E-state index contributed by atoms with van der Waals surface area (Å²) in [5, 5.41) is 7.57. The molecule has 152 valence electrons. The average molecular weight is 386 g/mol. The number of methoxy groups -OCH3 is 1. The molecule has 0 bridgehead atoms. The molecule has 1 N–H and O–H groups in total. The van der Waals surface area contributed by atoms with Crippen molar-refractivity contribution in [3.63, 3.8) is 0 Å². The fraction of sp³-hybridized carbons (Fsp3) is 0.524. The van der Waals surface area contributed by atoms with E-state index in [1.54, 1.807) is 7.11 Å². The molecule has 1 aliphatic rings. The molecule has 1 aromatic carbocycles. The minimum Gasteiger partial charge on any atom is -0.497 e. The molecule has 1 aliphatic heterocycles. The average Bonchev–Trinajstić information content (AvgIpc) is 2.99. The number of ether oxygens (including phenoxy) is 1. The zero-order valence-corrected chi connectivity index (χ0v) is 17.3. The van der Waals surface area contributed by atoms with E-state index in [2.05, 4.69) is 33.5 Å². The lowest BCUT2D eigenvalue weighted by Crippen LogP contribution is -2.53. The van der Waals surface area contributed by atoms with E-state index >= 15 is 0 Å². The third-order valence-corrected chi connectivity index (χ3v) is 5.12. The van der Waals surface area contributed by atoms with Crippen LogP contribution in [0.15, 0.2) is 30.3 Å². The molecule has 0 aliphatic carbocycles. The number of benzene rings is 1. The van der Waals surface area contributed by atoms with Gasteiger partial charge in [-0.25, -0.2) is 4.79 Å².